The number of carbonyl (C=O) groups excluding carboxylic acids is 1. The van der Waals surface area contributed by atoms with Crippen LogP contribution in [0.3, 0.4) is 0 Å². The molecule has 1 aliphatic rings. The molecule has 1 aromatic rings. The van der Waals surface area contributed by atoms with Crippen LogP contribution < -0.4 is 11.1 Å². The van der Waals surface area contributed by atoms with Crippen molar-refractivity contribution >= 4 is 29.4 Å². The van der Waals surface area contributed by atoms with E-state index < -0.39 is 6.23 Å². The van der Waals surface area contributed by atoms with E-state index in [2.05, 4.69) is 10.3 Å². The van der Waals surface area contributed by atoms with E-state index in [0.717, 1.165) is 11.1 Å². The third-order valence-corrected chi connectivity index (χ3v) is 3.67. The van der Waals surface area contributed by atoms with Crippen LogP contribution in [0.4, 0.5) is 0 Å². The molecule has 0 spiro atoms. The summed E-state index contributed by atoms with van der Waals surface area (Å²) in [5.74, 6) is 0.535. The Morgan fingerprint density at radius 1 is 1.50 bits per heavy atom. The number of ether oxygens (including phenoxy) is 1. The van der Waals surface area contributed by atoms with Gasteiger partial charge in [0.15, 0.2) is 12.0 Å². The van der Waals surface area contributed by atoms with Crippen molar-refractivity contribution in [1.29, 1.82) is 0 Å². The first-order chi connectivity index (χ1) is 10.5. The number of nitrogens with zero attached hydrogens (tertiary/aromatic N) is 1. The van der Waals surface area contributed by atoms with Gasteiger partial charge < -0.3 is 15.8 Å². The number of amides is 1. The molecular formula is C16H20ClN3O2. The number of nitrogens with two attached hydrogens (primary N) is 1. The van der Waals surface area contributed by atoms with Crippen molar-refractivity contribution in [3.8, 4) is 0 Å². The average molecular weight is 322 g/mol. The van der Waals surface area contributed by atoms with Gasteiger partial charge in [0.2, 0.25) is 0 Å². The Hall–Kier alpha value is -2.01. The second-order valence-corrected chi connectivity index (χ2v) is 5.82. The topological polar surface area (TPSA) is 76.7 Å². The van der Waals surface area contributed by atoms with Gasteiger partial charge in [-0.15, -0.1) is 11.6 Å². The first-order valence-electron chi connectivity index (χ1n) is 7.12. The van der Waals surface area contributed by atoms with Crippen LogP contribution in [0.2, 0.25) is 0 Å². The van der Waals surface area contributed by atoms with Gasteiger partial charge in [0.1, 0.15) is 0 Å². The highest BCUT2D eigenvalue weighted by Gasteiger charge is 2.32. The number of aryl methyl sites for hydroxylation is 1. The van der Waals surface area contributed by atoms with E-state index in [1.807, 2.05) is 31.2 Å². The molecule has 1 aromatic carbocycles. The number of halogens is 1. The zero-order valence-corrected chi connectivity index (χ0v) is 13.4. The lowest BCUT2D eigenvalue weighted by atomic mass is 10.1. The van der Waals surface area contributed by atoms with E-state index >= 15 is 0 Å². The molecule has 22 heavy (non-hydrogen) atoms. The number of benzene rings is 1. The third-order valence-electron chi connectivity index (χ3n) is 3.22. The lowest BCUT2D eigenvalue weighted by molar-refractivity contribution is -0.116. The summed E-state index contributed by atoms with van der Waals surface area (Å²) >= 11 is 6.25. The minimum atomic E-state index is -0.542. The molecule has 2 unspecified atom stereocenters. The van der Waals surface area contributed by atoms with Crippen molar-refractivity contribution in [2.45, 2.75) is 31.9 Å². The van der Waals surface area contributed by atoms with E-state index in [1.165, 1.54) is 0 Å². The predicted molar refractivity (Wildman–Crippen MR) is 88.6 cm³/mol. The van der Waals surface area contributed by atoms with E-state index in [-0.39, 0.29) is 17.0 Å². The molecule has 1 amide bonds. The number of aliphatic imine (C=N–C) groups is 1. The van der Waals surface area contributed by atoms with Gasteiger partial charge in [0.05, 0.1) is 11.2 Å². The Morgan fingerprint density at radius 3 is 2.82 bits per heavy atom. The summed E-state index contributed by atoms with van der Waals surface area (Å²) in [5.41, 5.74) is 7.54. The predicted octanol–water partition coefficient (Wildman–Crippen LogP) is 2.18. The molecule has 0 aliphatic carbocycles. The fourth-order valence-electron chi connectivity index (χ4n) is 2.01. The van der Waals surface area contributed by atoms with Gasteiger partial charge in [-0.3, -0.25) is 9.79 Å². The number of hydrogen-bond acceptors (Lipinski definition) is 3. The number of carbonyl (C=O) groups is 1. The molecule has 0 bridgehead atoms. The Balaban J connectivity index is 1.98. The van der Waals surface area contributed by atoms with Crippen LogP contribution in [-0.4, -0.2) is 29.9 Å². The second-order valence-electron chi connectivity index (χ2n) is 5.26. The highest BCUT2D eigenvalue weighted by molar-refractivity contribution is 6.21. The van der Waals surface area contributed by atoms with Crippen LogP contribution in [0.15, 0.2) is 35.0 Å². The average Bonchev–Trinajstić information content (AvgIpc) is 2.82. The number of nitrogens with one attached hydrogen (secondary N) is 1. The SMILES string of the molecule is CC(N)=NCCC(Cl)C1NC(=O)/C(=C/c2ccc(C)cc2)O1. The van der Waals surface area contributed by atoms with Crippen LogP contribution >= 0.6 is 11.6 Å². The Bertz CT molecular complexity index is 592. The number of alkyl halides is 1. The molecular weight excluding hydrogens is 302 g/mol. The molecule has 2 atom stereocenters. The van der Waals surface area contributed by atoms with Crippen molar-refractivity contribution in [2.24, 2.45) is 10.7 Å². The number of amidine groups is 1. The molecule has 1 saturated heterocycles. The molecule has 1 heterocycles. The third kappa shape index (κ3) is 4.49. The van der Waals surface area contributed by atoms with Gasteiger partial charge >= 0.3 is 0 Å². The van der Waals surface area contributed by atoms with E-state index in [9.17, 15) is 4.79 Å². The summed E-state index contributed by atoms with van der Waals surface area (Å²) in [7, 11) is 0. The van der Waals surface area contributed by atoms with Gasteiger partial charge in [-0.25, -0.2) is 0 Å². The largest absolute Gasteiger partial charge is 0.463 e. The highest BCUT2D eigenvalue weighted by atomic mass is 35.5. The molecule has 6 heteroatoms. The zero-order chi connectivity index (χ0) is 16.1. The fourth-order valence-corrected chi connectivity index (χ4v) is 2.23. The molecule has 1 fully saturated rings. The van der Waals surface area contributed by atoms with Crippen LogP contribution in [0.1, 0.15) is 24.5 Å². The molecule has 0 aromatic heterocycles. The van der Waals surface area contributed by atoms with Crippen molar-refractivity contribution in [3.63, 3.8) is 0 Å². The van der Waals surface area contributed by atoms with Gasteiger partial charge in [-0.2, -0.15) is 0 Å². The molecule has 0 radical (unpaired) electrons. The number of hydrogen-bond donors (Lipinski definition) is 2. The Kier molecular flexibility index (Phi) is 5.44. The maximum absolute atomic E-state index is 11.9. The lowest BCUT2D eigenvalue weighted by Gasteiger charge is -2.15. The fraction of sp³-hybridized carbons (Fsp3) is 0.375. The zero-order valence-electron chi connectivity index (χ0n) is 12.7. The minimum Gasteiger partial charge on any atom is -0.463 e. The van der Waals surface area contributed by atoms with Crippen LogP contribution in [-0.2, 0) is 9.53 Å². The number of rotatable bonds is 5. The quantitative estimate of drug-likeness (QED) is 0.378. The van der Waals surface area contributed by atoms with Gasteiger partial charge in [-0.1, -0.05) is 29.8 Å². The maximum atomic E-state index is 11.9. The van der Waals surface area contributed by atoms with Crippen LogP contribution in [0.25, 0.3) is 6.08 Å². The summed E-state index contributed by atoms with van der Waals surface area (Å²) in [6.07, 6.45) is 1.73. The van der Waals surface area contributed by atoms with Crippen molar-refractivity contribution in [2.75, 3.05) is 6.54 Å². The summed E-state index contributed by atoms with van der Waals surface area (Å²) < 4.78 is 5.62. The van der Waals surface area contributed by atoms with Crippen molar-refractivity contribution in [1.82, 2.24) is 5.32 Å². The van der Waals surface area contributed by atoms with Gasteiger partial charge in [0.25, 0.3) is 5.91 Å². The molecule has 2 rings (SSSR count). The minimum absolute atomic E-state index is 0.255. The molecule has 3 N–H and O–H groups in total. The van der Waals surface area contributed by atoms with Gasteiger partial charge in [0, 0.05) is 6.54 Å². The molecule has 5 nitrogen and oxygen atoms in total. The Labute approximate surface area is 135 Å². The first-order valence-corrected chi connectivity index (χ1v) is 7.56. The van der Waals surface area contributed by atoms with Gasteiger partial charge in [-0.05, 0) is 31.9 Å². The second kappa shape index (κ2) is 7.31. The first kappa shape index (κ1) is 16.4. The monoisotopic (exact) mass is 321 g/mol. The normalized spacial score (nSPS) is 21.6. The highest BCUT2D eigenvalue weighted by Crippen LogP contribution is 2.21. The Morgan fingerprint density at radius 2 is 2.18 bits per heavy atom. The molecule has 1 aliphatic heterocycles. The van der Waals surface area contributed by atoms with E-state index in [0.29, 0.717) is 18.8 Å². The van der Waals surface area contributed by atoms with E-state index in [4.69, 9.17) is 22.1 Å². The summed E-state index contributed by atoms with van der Waals surface area (Å²) in [5, 5.41) is 2.37. The van der Waals surface area contributed by atoms with E-state index in [1.54, 1.807) is 13.0 Å². The molecule has 0 saturated carbocycles. The standard InChI is InChI=1S/C16H20ClN3O2/c1-10-3-5-12(6-4-10)9-14-15(21)20-16(22-14)13(17)7-8-19-11(2)18/h3-6,9,13,16H,7-8H2,1-2H3,(H2,18,19)(H,20,21)/b14-9-. The lowest BCUT2D eigenvalue weighted by Crippen LogP contribution is -2.34. The van der Waals surface area contributed by atoms with Crippen LogP contribution in [0.5, 0.6) is 0 Å². The maximum Gasteiger partial charge on any atom is 0.289 e. The molecule has 118 valence electrons. The smallest absolute Gasteiger partial charge is 0.289 e. The van der Waals surface area contributed by atoms with Crippen molar-refractivity contribution < 1.29 is 9.53 Å². The van der Waals surface area contributed by atoms with Crippen molar-refractivity contribution in [3.05, 3.63) is 41.2 Å². The summed E-state index contributed by atoms with van der Waals surface area (Å²) in [6.45, 7) is 4.23. The summed E-state index contributed by atoms with van der Waals surface area (Å²) in [6, 6.07) is 7.83. The summed E-state index contributed by atoms with van der Waals surface area (Å²) in [4.78, 5) is 16.0. The van der Waals surface area contributed by atoms with Crippen LogP contribution in [0, 0.1) is 6.92 Å².